The average molecular weight is 553 g/mol. The largest absolute Gasteiger partial charge is 0.486 e. The summed E-state index contributed by atoms with van der Waals surface area (Å²) in [6, 6.07) is 9.46. The number of nitrogens with one attached hydrogen (secondary N) is 1. The summed E-state index contributed by atoms with van der Waals surface area (Å²) in [6.07, 6.45) is 0.0462. The number of benzene rings is 2. The van der Waals surface area contributed by atoms with Gasteiger partial charge in [0.05, 0.1) is 11.2 Å². The molecule has 1 aliphatic heterocycles. The molecule has 2 aromatic rings. The monoisotopic (exact) mass is 552 g/mol. The van der Waals surface area contributed by atoms with E-state index in [0.29, 0.717) is 24.9 Å². The highest BCUT2D eigenvalue weighted by Gasteiger charge is 2.40. The van der Waals surface area contributed by atoms with E-state index in [9.17, 15) is 18.3 Å². The van der Waals surface area contributed by atoms with Gasteiger partial charge in [-0.05, 0) is 48.2 Å². The predicted molar refractivity (Wildman–Crippen MR) is 137 cm³/mol. The molecule has 10 heteroatoms. The van der Waals surface area contributed by atoms with Crippen LogP contribution < -0.4 is 10.1 Å². The van der Waals surface area contributed by atoms with E-state index in [2.05, 4.69) is 10.2 Å². The van der Waals surface area contributed by atoms with E-state index in [-0.39, 0.29) is 43.1 Å². The van der Waals surface area contributed by atoms with Gasteiger partial charge < -0.3 is 20.1 Å². The van der Waals surface area contributed by atoms with Crippen LogP contribution in [-0.2, 0) is 12.8 Å². The zero-order chi connectivity index (χ0) is 24.2. The van der Waals surface area contributed by atoms with E-state index < -0.39 is 23.2 Å². The quantitative estimate of drug-likeness (QED) is 0.416. The van der Waals surface area contributed by atoms with Crippen LogP contribution in [-0.4, -0.2) is 48.3 Å². The van der Waals surface area contributed by atoms with Crippen LogP contribution in [0.4, 0.5) is 17.6 Å². The van der Waals surface area contributed by atoms with Crippen LogP contribution >= 0.6 is 24.8 Å². The normalized spacial score (nSPS) is 19.0. The Bertz CT molecular complexity index is 948. The Balaban J connectivity index is 0.00000228. The van der Waals surface area contributed by atoms with Gasteiger partial charge in [-0.25, -0.2) is 4.39 Å². The number of rotatable bonds is 7. The highest BCUT2D eigenvalue weighted by Crippen LogP contribution is 2.41. The van der Waals surface area contributed by atoms with Crippen LogP contribution in [0.1, 0.15) is 54.7 Å². The van der Waals surface area contributed by atoms with Crippen molar-refractivity contribution in [2.24, 2.45) is 0 Å². The lowest BCUT2D eigenvalue weighted by atomic mass is 9.72. The van der Waals surface area contributed by atoms with E-state index >= 15 is 4.39 Å². The first-order chi connectivity index (χ1) is 16.2. The van der Waals surface area contributed by atoms with Crippen LogP contribution in [0.15, 0.2) is 42.5 Å². The molecule has 2 N–H and O–H groups in total. The van der Waals surface area contributed by atoms with Crippen molar-refractivity contribution in [1.82, 2.24) is 10.2 Å². The molecular weight excluding hydrogens is 519 g/mol. The van der Waals surface area contributed by atoms with E-state index in [1.807, 2.05) is 6.07 Å². The van der Waals surface area contributed by atoms with Crippen LogP contribution in [0.3, 0.4) is 0 Å². The minimum atomic E-state index is -4.40. The summed E-state index contributed by atoms with van der Waals surface area (Å²) in [5.74, 6) is -0.696. The Hall–Kier alpha value is -1.58. The Morgan fingerprint density at radius 2 is 1.61 bits per heavy atom. The number of alkyl halides is 3. The zero-order valence-electron chi connectivity index (χ0n) is 20.0. The lowest BCUT2D eigenvalue weighted by molar-refractivity contribution is -0.137. The molecule has 1 atom stereocenters. The summed E-state index contributed by atoms with van der Waals surface area (Å²) in [4.78, 5) is 2.32. The van der Waals surface area contributed by atoms with Gasteiger partial charge in [0, 0.05) is 38.6 Å². The second kappa shape index (κ2) is 13.3. The smallest absolute Gasteiger partial charge is 0.416 e. The van der Waals surface area contributed by atoms with Crippen molar-refractivity contribution in [2.45, 2.75) is 56.4 Å². The Labute approximate surface area is 222 Å². The summed E-state index contributed by atoms with van der Waals surface area (Å²) in [5.41, 5.74) is -0.326. The summed E-state index contributed by atoms with van der Waals surface area (Å²) in [6.45, 7) is 4.21. The van der Waals surface area contributed by atoms with E-state index in [1.165, 1.54) is 18.2 Å². The summed E-state index contributed by atoms with van der Waals surface area (Å²) >= 11 is 0. The van der Waals surface area contributed by atoms with Gasteiger partial charge in [0.1, 0.15) is 6.61 Å². The fourth-order valence-corrected chi connectivity index (χ4v) is 5.05. The lowest BCUT2D eigenvalue weighted by Crippen LogP contribution is -2.49. The first kappa shape index (κ1) is 30.6. The van der Waals surface area contributed by atoms with Crippen LogP contribution in [0.2, 0.25) is 0 Å². The van der Waals surface area contributed by atoms with Gasteiger partial charge in [0.2, 0.25) is 0 Å². The lowest BCUT2D eigenvalue weighted by Gasteiger charge is -2.42. The fraction of sp³-hybridized carbons (Fsp3) is 0.538. The number of piperazine rings is 1. The summed E-state index contributed by atoms with van der Waals surface area (Å²) < 4.78 is 58.8. The fourth-order valence-electron chi connectivity index (χ4n) is 5.05. The zero-order valence-corrected chi connectivity index (χ0v) is 21.7. The molecule has 2 aromatic carbocycles. The van der Waals surface area contributed by atoms with Crippen LogP contribution in [0.5, 0.6) is 5.75 Å². The molecule has 2 fully saturated rings. The topological polar surface area (TPSA) is 44.7 Å². The van der Waals surface area contributed by atoms with Gasteiger partial charge in [-0.15, -0.1) is 24.8 Å². The Morgan fingerprint density at radius 1 is 0.972 bits per heavy atom. The van der Waals surface area contributed by atoms with Gasteiger partial charge in [-0.3, -0.25) is 0 Å². The number of halogens is 6. The van der Waals surface area contributed by atoms with Crippen molar-refractivity contribution in [1.29, 1.82) is 0 Å². The van der Waals surface area contributed by atoms with Gasteiger partial charge in [-0.2, -0.15) is 13.2 Å². The average Bonchev–Trinajstić information content (AvgIpc) is 2.82. The first-order valence-corrected chi connectivity index (χ1v) is 12.0. The van der Waals surface area contributed by atoms with Crippen molar-refractivity contribution in [2.75, 3.05) is 32.7 Å². The van der Waals surface area contributed by atoms with E-state index in [0.717, 1.165) is 63.1 Å². The molecule has 1 unspecified atom stereocenters. The molecule has 0 spiro atoms. The standard InChI is InChI=1S/C26H32F4N2O2.2ClH/c27-23-16-20(6-9-24(23)34-18-19-4-7-21(8-5-19)26(28,29)30)22(17-32-14-12-31-13-15-32)25(33)10-2-1-3-11-25;;/h4-9,16,22,31,33H,1-3,10-15,17-18H2;2*1H. The highest BCUT2D eigenvalue weighted by molar-refractivity contribution is 5.85. The molecule has 0 amide bonds. The maximum Gasteiger partial charge on any atom is 0.416 e. The molecule has 0 aromatic heterocycles. The number of aliphatic hydroxyl groups is 1. The molecule has 1 aliphatic carbocycles. The van der Waals surface area contributed by atoms with Crippen LogP contribution in [0.25, 0.3) is 0 Å². The summed E-state index contributed by atoms with van der Waals surface area (Å²) in [5, 5.41) is 14.9. The molecule has 36 heavy (non-hydrogen) atoms. The van der Waals surface area contributed by atoms with Gasteiger partial charge in [0.25, 0.3) is 0 Å². The van der Waals surface area contributed by atoms with Gasteiger partial charge >= 0.3 is 6.18 Å². The molecule has 4 rings (SSSR count). The third kappa shape index (κ3) is 7.71. The van der Waals surface area contributed by atoms with Crippen molar-refractivity contribution in [3.8, 4) is 5.75 Å². The minimum Gasteiger partial charge on any atom is -0.486 e. The van der Waals surface area contributed by atoms with Crippen molar-refractivity contribution < 1.29 is 27.4 Å². The molecule has 1 saturated carbocycles. The molecule has 1 saturated heterocycles. The Kier molecular flexibility index (Phi) is 11.3. The number of nitrogens with zero attached hydrogens (tertiary/aromatic N) is 1. The second-order valence-corrected chi connectivity index (χ2v) is 9.44. The van der Waals surface area contributed by atoms with Crippen LogP contribution in [0, 0.1) is 5.82 Å². The third-order valence-electron chi connectivity index (χ3n) is 7.05. The molecule has 0 bridgehead atoms. The second-order valence-electron chi connectivity index (χ2n) is 9.44. The summed E-state index contributed by atoms with van der Waals surface area (Å²) in [7, 11) is 0. The number of hydrogen-bond donors (Lipinski definition) is 2. The van der Waals surface area contributed by atoms with Gasteiger partial charge in [0.15, 0.2) is 11.6 Å². The molecular formula is C26H34Cl2F4N2O2. The maximum atomic E-state index is 15.0. The van der Waals surface area contributed by atoms with Crippen molar-refractivity contribution in [3.63, 3.8) is 0 Å². The predicted octanol–water partition coefficient (Wildman–Crippen LogP) is 5.95. The Morgan fingerprint density at radius 3 is 2.19 bits per heavy atom. The molecule has 4 nitrogen and oxygen atoms in total. The molecule has 2 aliphatic rings. The number of hydrogen-bond acceptors (Lipinski definition) is 4. The van der Waals surface area contributed by atoms with Gasteiger partial charge in [-0.1, -0.05) is 37.5 Å². The SMILES string of the molecule is Cl.Cl.OC1(C(CN2CCNCC2)c2ccc(OCc3ccc(C(F)(F)F)cc3)c(F)c2)CCCCC1. The third-order valence-corrected chi connectivity index (χ3v) is 7.05. The first-order valence-electron chi connectivity index (χ1n) is 12.0. The van der Waals surface area contributed by atoms with Crippen molar-refractivity contribution >= 4 is 24.8 Å². The minimum absolute atomic E-state index is 0. The van der Waals surface area contributed by atoms with Crippen molar-refractivity contribution in [3.05, 3.63) is 65.0 Å². The molecule has 1 heterocycles. The van der Waals surface area contributed by atoms with E-state index in [1.54, 1.807) is 6.07 Å². The number of ether oxygens (including phenoxy) is 1. The highest BCUT2D eigenvalue weighted by atomic mass is 35.5. The maximum absolute atomic E-state index is 15.0. The molecule has 0 radical (unpaired) electrons. The molecule has 202 valence electrons. The van der Waals surface area contributed by atoms with E-state index in [4.69, 9.17) is 4.74 Å².